The summed E-state index contributed by atoms with van der Waals surface area (Å²) in [6, 6.07) is 81.4. The zero-order valence-corrected chi connectivity index (χ0v) is 63.4. The van der Waals surface area contributed by atoms with E-state index in [2.05, 4.69) is 385 Å². The maximum absolute atomic E-state index is 2.71. The van der Waals surface area contributed by atoms with Gasteiger partial charge in [-0.2, -0.15) is 0 Å². The molecule has 0 unspecified atom stereocenters. The molecule has 0 fully saturated rings. The van der Waals surface area contributed by atoms with E-state index in [9.17, 15) is 0 Å². The number of benzene rings is 10. The monoisotopic (exact) mass is 1290 g/mol. The van der Waals surface area contributed by atoms with Gasteiger partial charge in [0.05, 0.1) is 11.4 Å². The molecule has 1 aliphatic carbocycles. The molecule has 13 rings (SSSR count). The van der Waals surface area contributed by atoms with Crippen molar-refractivity contribution >= 4 is 91.3 Å². The van der Waals surface area contributed by atoms with Crippen LogP contribution in [0.25, 0.3) is 11.1 Å². The topological polar surface area (TPSA) is 13.0 Å². The van der Waals surface area contributed by atoms with Crippen molar-refractivity contribution in [2.24, 2.45) is 0 Å². The molecule has 5 heteroatoms. The highest BCUT2D eigenvalue weighted by molar-refractivity contribution is 7.00. The van der Waals surface area contributed by atoms with Crippen LogP contribution in [0.15, 0.2) is 206 Å². The maximum atomic E-state index is 2.71. The first-order chi connectivity index (χ1) is 45.8. The number of rotatable bonds is 9. The Kier molecular flexibility index (Phi) is 16.5. The van der Waals surface area contributed by atoms with Crippen molar-refractivity contribution in [2.45, 2.75) is 215 Å². The van der Waals surface area contributed by atoms with Crippen molar-refractivity contribution in [3.8, 4) is 11.1 Å². The van der Waals surface area contributed by atoms with Gasteiger partial charge in [-0.05, 0) is 232 Å². The fraction of sp³-hybridized carbons (Fsp3) is 0.355. The molecule has 0 aromatic heterocycles. The van der Waals surface area contributed by atoms with Gasteiger partial charge < -0.3 is 19.6 Å². The molecule has 0 radical (unpaired) electrons. The van der Waals surface area contributed by atoms with Gasteiger partial charge in [0.1, 0.15) is 0 Å². The Morgan fingerprint density at radius 3 is 1.07 bits per heavy atom. The third kappa shape index (κ3) is 12.4. The lowest BCUT2D eigenvalue weighted by Gasteiger charge is -2.48. The summed E-state index contributed by atoms with van der Waals surface area (Å²) in [5.41, 5.74) is 31.6. The lowest BCUT2D eigenvalue weighted by Crippen LogP contribution is -2.62. The van der Waals surface area contributed by atoms with E-state index < -0.39 is 0 Å². The Morgan fingerprint density at radius 1 is 0.306 bits per heavy atom. The van der Waals surface area contributed by atoms with Crippen LogP contribution >= 0.6 is 0 Å². The van der Waals surface area contributed by atoms with Gasteiger partial charge >= 0.3 is 0 Å². The van der Waals surface area contributed by atoms with Crippen molar-refractivity contribution < 1.29 is 0 Å². The highest BCUT2D eigenvalue weighted by Crippen LogP contribution is 2.55. The zero-order valence-electron chi connectivity index (χ0n) is 63.4. The van der Waals surface area contributed by atoms with E-state index in [0.29, 0.717) is 0 Å². The van der Waals surface area contributed by atoms with E-state index in [4.69, 9.17) is 0 Å². The molecular weight excluding hydrogens is 1180 g/mol. The van der Waals surface area contributed by atoms with Crippen LogP contribution in [-0.2, 0) is 43.3 Å². The molecule has 0 atom stereocenters. The molecule has 0 spiro atoms. The van der Waals surface area contributed by atoms with Crippen LogP contribution in [0.5, 0.6) is 0 Å². The molecule has 0 N–H and O–H groups in total. The van der Waals surface area contributed by atoms with Crippen LogP contribution < -0.4 is 36.0 Å². The van der Waals surface area contributed by atoms with Gasteiger partial charge in [-0.3, -0.25) is 0 Å². The second-order valence-electron chi connectivity index (χ2n) is 36.4. The Morgan fingerprint density at radius 2 is 0.653 bits per heavy atom. The average Bonchev–Trinajstić information content (AvgIpc) is 0.685. The summed E-state index contributed by atoms with van der Waals surface area (Å²) in [4.78, 5) is 10.5. The molecule has 0 saturated carbocycles. The third-order valence-electron chi connectivity index (χ3n) is 22.0. The van der Waals surface area contributed by atoms with Gasteiger partial charge in [-0.25, -0.2) is 0 Å². The summed E-state index contributed by atoms with van der Waals surface area (Å²) in [5.74, 6) is 0. The van der Waals surface area contributed by atoms with Crippen LogP contribution in [0.1, 0.15) is 215 Å². The van der Waals surface area contributed by atoms with E-state index >= 15 is 0 Å². The smallest absolute Gasteiger partial charge is 0.252 e. The second-order valence-corrected chi connectivity index (χ2v) is 36.4. The average molecular weight is 1290 g/mol. The molecule has 10 aromatic carbocycles. The van der Waals surface area contributed by atoms with Crippen molar-refractivity contribution in [1.82, 2.24) is 0 Å². The van der Waals surface area contributed by atoms with Crippen molar-refractivity contribution in [3.63, 3.8) is 0 Å². The van der Waals surface area contributed by atoms with Gasteiger partial charge in [-0.1, -0.05) is 262 Å². The summed E-state index contributed by atoms with van der Waals surface area (Å²) in [6.45, 7) is 54.0. The van der Waals surface area contributed by atoms with E-state index in [-0.39, 0.29) is 50.0 Å². The molecule has 98 heavy (non-hydrogen) atoms. The highest BCUT2D eigenvalue weighted by Gasteiger charge is 2.48. The van der Waals surface area contributed by atoms with E-state index in [1.807, 2.05) is 0 Å². The van der Waals surface area contributed by atoms with E-state index in [1.165, 1.54) is 94.6 Å². The number of nitrogens with zero attached hydrogens (tertiary/aromatic N) is 4. The Labute approximate surface area is 590 Å². The molecule has 3 aliphatic rings. The minimum absolute atomic E-state index is 0.0138. The van der Waals surface area contributed by atoms with Gasteiger partial charge in [0, 0.05) is 62.4 Å². The lowest BCUT2D eigenvalue weighted by molar-refractivity contribution is 0.332. The number of aryl methyl sites for hydroxylation is 1. The second kappa shape index (κ2) is 23.8. The van der Waals surface area contributed by atoms with Crippen molar-refractivity contribution in [3.05, 3.63) is 256 Å². The summed E-state index contributed by atoms with van der Waals surface area (Å²) in [5, 5.41) is 0. The van der Waals surface area contributed by atoms with Gasteiger partial charge in [0.2, 0.25) is 0 Å². The van der Waals surface area contributed by atoms with Crippen LogP contribution in [0.4, 0.5) is 68.2 Å². The molecule has 502 valence electrons. The summed E-state index contributed by atoms with van der Waals surface area (Å²) < 4.78 is 0. The zero-order chi connectivity index (χ0) is 70.4. The molecule has 2 aliphatic heterocycles. The quantitative estimate of drug-likeness (QED) is 0.134. The number of hydrogen-bond donors (Lipinski definition) is 0. The number of fused-ring (bicyclic) bond motifs is 5. The minimum Gasteiger partial charge on any atom is -0.311 e. The third-order valence-corrected chi connectivity index (χ3v) is 22.0. The Bertz CT molecular complexity index is 4540. The largest absolute Gasteiger partial charge is 0.311 e. The first-order valence-corrected chi connectivity index (χ1v) is 36.2. The van der Waals surface area contributed by atoms with Crippen LogP contribution in [0.3, 0.4) is 0 Å². The molecule has 4 nitrogen and oxygen atoms in total. The molecule has 0 saturated heterocycles. The molecule has 0 amide bonds. The van der Waals surface area contributed by atoms with Gasteiger partial charge in [0.15, 0.2) is 0 Å². The number of hydrogen-bond acceptors (Lipinski definition) is 4. The predicted molar refractivity (Wildman–Crippen MR) is 427 cm³/mol. The maximum Gasteiger partial charge on any atom is 0.252 e. The van der Waals surface area contributed by atoms with Crippen LogP contribution in [0.2, 0.25) is 0 Å². The van der Waals surface area contributed by atoms with Gasteiger partial charge in [-0.15, -0.1) is 0 Å². The standard InChI is InChI=1S/C93H107BN4/c1-60-53-66(90(14,15)16)37-49-79(60)97-82-59-76-75(92(20,21)51-52-93(76,22)23)58-78(82)94-77-48-47-72(95(68-39-29-62(30-40-68)86(2,3)4)69-41-31-63(32-42-69)87(5,6)7)55-81(77)98(80-50-38-67(91(17,18)19)54-74(80)61-27-25-24-26-28-61)84-57-73(56-83(97)85(84)94)96(70-43-33-64(34-44-70)88(8,9)10)71-45-35-65(36-46-71)89(11,12)13/h24-50,53-59H,51-52H2,1-23H3. The SMILES string of the molecule is Cc1cc(C(C)(C)C)ccc1N1c2cc3c(cc2B2c4ccc(N(c5ccc(C(C)(C)C)cc5)c5ccc(C(C)(C)C)cc5)cc4N(c4ccc(C(C)(C)C)cc4-c4ccccc4)c4cc(N(c5ccc(C(C)(C)C)cc5)c5ccc(C(C)(C)C)cc5)cc1c42)C(C)(C)CCC3(C)C. The van der Waals surface area contributed by atoms with Gasteiger partial charge in [0.25, 0.3) is 6.71 Å². The summed E-state index contributed by atoms with van der Waals surface area (Å²) >= 11 is 0. The van der Waals surface area contributed by atoms with Crippen LogP contribution in [-0.4, -0.2) is 6.71 Å². The minimum atomic E-state index is -0.161. The normalized spacial score (nSPS) is 15.1. The molecule has 2 heterocycles. The molecular formula is C93H107BN4. The Balaban J connectivity index is 1.21. The van der Waals surface area contributed by atoms with Crippen molar-refractivity contribution in [1.29, 1.82) is 0 Å². The fourth-order valence-corrected chi connectivity index (χ4v) is 15.6. The highest BCUT2D eigenvalue weighted by atomic mass is 15.2. The lowest BCUT2D eigenvalue weighted by atomic mass is 9.33. The molecule has 0 bridgehead atoms. The summed E-state index contributed by atoms with van der Waals surface area (Å²) in [7, 11) is 0. The number of anilines is 12. The predicted octanol–water partition coefficient (Wildman–Crippen LogP) is 24.8. The fourth-order valence-electron chi connectivity index (χ4n) is 15.6. The van der Waals surface area contributed by atoms with Crippen LogP contribution in [0, 0.1) is 6.92 Å². The van der Waals surface area contributed by atoms with Crippen molar-refractivity contribution in [2.75, 3.05) is 19.6 Å². The molecule has 10 aromatic rings. The Hall–Kier alpha value is -8.54. The van der Waals surface area contributed by atoms with E-state index in [0.717, 1.165) is 64.0 Å². The first-order valence-electron chi connectivity index (χ1n) is 36.2. The first kappa shape index (κ1) is 68.0. The van der Waals surface area contributed by atoms with E-state index in [1.54, 1.807) is 0 Å². The summed E-state index contributed by atoms with van der Waals surface area (Å²) in [6.07, 6.45) is 2.23.